The highest BCUT2D eigenvalue weighted by Crippen LogP contribution is 2.28. The average molecular weight is 345 g/mol. The van der Waals surface area contributed by atoms with Crippen LogP contribution in [-0.4, -0.2) is 25.2 Å². The lowest BCUT2D eigenvalue weighted by molar-refractivity contribution is 0.0163. The third-order valence-electron chi connectivity index (χ3n) is 4.66. The molecule has 0 heterocycles. The Morgan fingerprint density at radius 1 is 0.958 bits per heavy atom. The van der Waals surface area contributed by atoms with Gasteiger partial charge in [-0.2, -0.15) is 0 Å². The molecule has 0 spiro atoms. The monoisotopic (exact) mass is 345 g/mol. The van der Waals surface area contributed by atoms with Crippen molar-refractivity contribution < 1.29 is 13.5 Å². The molecular weight excluding hydrogens is 322 g/mol. The topological polar surface area (TPSA) is 66.4 Å². The van der Waals surface area contributed by atoms with E-state index in [2.05, 4.69) is 4.72 Å². The van der Waals surface area contributed by atoms with Crippen LogP contribution >= 0.6 is 0 Å². The minimum absolute atomic E-state index is 0.107. The predicted octanol–water partition coefficient (Wildman–Crippen LogP) is 3.33. The number of nitrogens with one attached hydrogen (secondary N) is 1. The van der Waals surface area contributed by atoms with Crippen LogP contribution in [-0.2, 0) is 10.0 Å². The van der Waals surface area contributed by atoms with Crippen molar-refractivity contribution in [3.8, 4) is 11.1 Å². The van der Waals surface area contributed by atoms with Gasteiger partial charge in [-0.3, -0.25) is 0 Å². The Balaban J connectivity index is 1.71. The van der Waals surface area contributed by atoms with Crippen molar-refractivity contribution in [2.24, 2.45) is 0 Å². The first kappa shape index (κ1) is 17.1. The van der Waals surface area contributed by atoms with E-state index in [4.69, 9.17) is 0 Å². The Morgan fingerprint density at radius 2 is 1.50 bits per heavy atom. The first-order valence-corrected chi connectivity index (χ1v) is 9.74. The third kappa shape index (κ3) is 4.04. The number of rotatable bonds is 4. The zero-order valence-corrected chi connectivity index (χ0v) is 14.6. The van der Waals surface area contributed by atoms with Gasteiger partial charge in [0.2, 0.25) is 10.0 Å². The summed E-state index contributed by atoms with van der Waals surface area (Å²) in [5, 5.41) is 9.97. The minimum atomic E-state index is -3.53. The maximum atomic E-state index is 12.5. The van der Waals surface area contributed by atoms with Gasteiger partial charge >= 0.3 is 0 Å². The van der Waals surface area contributed by atoms with Gasteiger partial charge in [0, 0.05) is 6.04 Å². The Bertz CT molecular complexity index is 773. The molecule has 5 heteroatoms. The molecule has 0 aliphatic heterocycles. The summed E-state index contributed by atoms with van der Waals surface area (Å²) in [5.74, 6) is 0. The molecule has 1 aliphatic carbocycles. The molecule has 0 amide bonds. The number of sulfonamides is 1. The van der Waals surface area contributed by atoms with Gasteiger partial charge < -0.3 is 5.11 Å². The standard InChI is InChI=1S/C19H23NO3S/c1-19(21)13-11-17(12-14-19)20-24(22,23)18-9-7-16(8-10-18)15-5-3-2-4-6-15/h2-10,17,20-21H,11-14H2,1H3/t17-,19+. The Kier molecular flexibility index (Phi) is 4.76. The third-order valence-corrected chi connectivity index (χ3v) is 6.19. The lowest BCUT2D eigenvalue weighted by atomic mass is 9.84. The van der Waals surface area contributed by atoms with Gasteiger partial charge in [0.25, 0.3) is 0 Å². The molecule has 1 fully saturated rings. The van der Waals surface area contributed by atoms with E-state index in [1.54, 1.807) is 19.1 Å². The van der Waals surface area contributed by atoms with E-state index >= 15 is 0 Å². The fraction of sp³-hybridized carbons (Fsp3) is 0.368. The number of hydrogen-bond acceptors (Lipinski definition) is 3. The van der Waals surface area contributed by atoms with E-state index in [-0.39, 0.29) is 10.9 Å². The maximum Gasteiger partial charge on any atom is 0.240 e. The van der Waals surface area contributed by atoms with Gasteiger partial charge in [-0.05, 0) is 55.9 Å². The second-order valence-electron chi connectivity index (χ2n) is 6.78. The summed E-state index contributed by atoms with van der Waals surface area (Å²) in [6, 6.07) is 16.7. The molecule has 0 bridgehead atoms. The van der Waals surface area contributed by atoms with Crippen LogP contribution in [0.3, 0.4) is 0 Å². The second-order valence-corrected chi connectivity index (χ2v) is 8.50. The lowest BCUT2D eigenvalue weighted by Crippen LogP contribution is -2.42. The van der Waals surface area contributed by atoms with Crippen LogP contribution in [0.4, 0.5) is 0 Å². The minimum Gasteiger partial charge on any atom is -0.390 e. The number of hydrogen-bond donors (Lipinski definition) is 2. The molecule has 0 atom stereocenters. The van der Waals surface area contributed by atoms with Gasteiger partial charge in [-0.15, -0.1) is 0 Å². The summed E-state index contributed by atoms with van der Waals surface area (Å²) in [4.78, 5) is 0.277. The summed E-state index contributed by atoms with van der Waals surface area (Å²) in [7, 11) is -3.53. The fourth-order valence-corrected chi connectivity index (χ4v) is 4.41. The second kappa shape index (κ2) is 6.67. The van der Waals surface area contributed by atoms with Gasteiger partial charge in [0.05, 0.1) is 10.5 Å². The number of benzene rings is 2. The van der Waals surface area contributed by atoms with E-state index in [9.17, 15) is 13.5 Å². The van der Waals surface area contributed by atoms with E-state index in [0.717, 1.165) is 11.1 Å². The van der Waals surface area contributed by atoms with Crippen molar-refractivity contribution in [1.82, 2.24) is 4.72 Å². The van der Waals surface area contributed by atoms with Crippen molar-refractivity contribution in [1.29, 1.82) is 0 Å². The van der Waals surface area contributed by atoms with Crippen molar-refractivity contribution in [3.05, 3.63) is 54.6 Å². The molecular formula is C19H23NO3S. The summed E-state index contributed by atoms with van der Waals surface area (Å²) in [5.41, 5.74) is 1.38. The highest BCUT2D eigenvalue weighted by Gasteiger charge is 2.31. The molecule has 1 aliphatic rings. The molecule has 2 aromatic rings. The van der Waals surface area contributed by atoms with E-state index in [0.29, 0.717) is 25.7 Å². The van der Waals surface area contributed by atoms with E-state index < -0.39 is 15.6 Å². The highest BCUT2D eigenvalue weighted by atomic mass is 32.2. The first-order valence-electron chi connectivity index (χ1n) is 8.26. The SMILES string of the molecule is C[C@]1(O)CC[C@@H](NS(=O)(=O)c2ccc(-c3ccccc3)cc2)CC1. The van der Waals surface area contributed by atoms with Crippen LogP contribution in [0.1, 0.15) is 32.6 Å². The summed E-state index contributed by atoms with van der Waals surface area (Å²) >= 11 is 0. The van der Waals surface area contributed by atoms with Gasteiger partial charge in [-0.25, -0.2) is 13.1 Å². The lowest BCUT2D eigenvalue weighted by Gasteiger charge is -2.33. The first-order chi connectivity index (χ1) is 11.4. The highest BCUT2D eigenvalue weighted by molar-refractivity contribution is 7.89. The molecule has 128 valence electrons. The van der Waals surface area contributed by atoms with Crippen LogP contribution in [0, 0.1) is 0 Å². The van der Waals surface area contributed by atoms with Crippen LogP contribution < -0.4 is 4.72 Å². The average Bonchev–Trinajstić information content (AvgIpc) is 2.58. The number of aliphatic hydroxyl groups is 1. The van der Waals surface area contributed by atoms with Gasteiger partial charge in [-0.1, -0.05) is 42.5 Å². The summed E-state index contributed by atoms with van der Waals surface area (Å²) in [6.45, 7) is 1.81. The molecule has 1 saturated carbocycles. The zero-order chi connectivity index (χ0) is 17.2. The Morgan fingerprint density at radius 3 is 2.08 bits per heavy atom. The molecule has 0 unspecified atom stereocenters. The zero-order valence-electron chi connectivity index (χ0n) is 13.8. The van der Waals surface area contributed by atoms with E-state index in [1.165, 1.54) is 0 Å². The molecule has 0 aromatic heterocycles. The smallest absolute Gasteiger partial charge is 0.240 e. The van der Waals surface area contributed by atoms with Crippen molar-refractivity contribution in [3.63, 3.8) is 0 Å². The summed E-state index contributed by atoms with van der Waals surface area (Å²) in [6.07, 6.45) is 2.56. The van der Waals surface area contributed by atoms with Crippen molar-refractivity contribution in [2.75, 3.05) is 0 Å². The molecule has 2 N–H and O–H groups in total. The molecule has 0 radical (unpaired) electrons. The fourth-order valence-electron chi connectivity index (χ4n) is 3.10. The van der Waals surface area contributed by atoms with E-state index in [1.807, 2.05) is 42.5 Å². The molecule has 0 saturated heterocycles. The summed E-state index contributed by atoms with van der Waals surface area (Å²) < 4.78 is 27.8. The Labute approximate surface area is 143 Å². The molecule has 2 aromatic carbocycles. The molecule has 24 heavy (non-hydrogen) atoms. The van der Waals surface area contributed by atoms with Gasteiger partial charge in [0.15, 0.2) is 0 Å². The van der Waals surface area contributed by atoms with Crippen LogP contribution in [0.2, 0.25) is 0 Å². The molecule has 4 nitrogen and oxygen atoms in total. The van der Waals surface area contributed by atoms with Crippen molar-refractivity contribution in [2.45, 2.75) is 49.1 Å². The predicted molar refractivity (Wildman–Crippen MR) is 95.1 cm³/mol. The van der Waals surface area contributed by atoms with Crippen LogP contribution in [0.15, 0.2) is 59.5 Å². The largest absolute Gasteiger partial charge is 0.390 e. The van der Waals surface area contributed by atoms with Gasteiger partial charge in [0.1, 0.15) is 0 Å². The quantitative estimate of drug-likeness (QED) is 0.893. The van der Waals surface area contributed by atoms with Crippen LogP contribution in [0.25, 0.3) is 11.1 Å². The van der Waals surface area contributed by atoms with Crippen molar-refractivity contribution >= 4 is 10.0 Å². The Hall–Kier alpha value is -1.69. The maximum absolute atomic E-state index is 12.5. The van der Waals surface area contributed by atoms with Crippen LogP contribution in [0.5, 0.6) is 0 Å². The normalized spacial score (nSPS) is 24.7. The molecule has 3 rings (SSSR count).